The maximum atomic E-state index is 11.5. The molecule has 0 aliphatic heterocycles. The lowest BCUT2D eigenvalue weighted by atomic mass is 10.0. The molecule has 0 aliphatic carbocycles. The second-order valence-corrected chi connectivity index (χ2v) is 6.00. The molecule has 0 spiro atoms. The highest BCUT2D eigenvalue weighted by atomic mass is 16.5. The maximum Gasteiger partial charge on any atom is 0.154 e. The lowest BCUT2D eigenvalue weighted by Crippen LogP contribution is -2.00. The van der Waals surface area contributed by atoms with Crippen LogP contribution in [0.3, 0.4) is 0 Å². The summed E-state index contributed by atoms with van der Waals surface area (Å²) in [6.45, 7) is 0.914. The minimum atomic E-state index is 0.258. The fourth-order valence-corrected chi connectivity index (χ4v) is 2.93. The fourth-order valence-electron chi connectivity index (χ4n) is 2.93. The maximum absolute atomic E-state index is 11.5. The molecule has 5 nitrogen and oxygen atoms in total. The van der Waals surface area contributed by atoms with Gasteiger partial charge in [-0.25, -0.2) is 4.68 Å². The molecule has 0 bridgehead atoms. The van der Waals surface area contributed by atoms with E-state index in [-0.39, 0.29) is 6.61 Å². The van der Waals surface area contributed by atoms with E-state index >= 15 is 0 Å². The molecule has 0 amide bonds. The number of carbonyl (C=O) groups excluding carboxylic acids is 1. The summed E-state index contributed by atoms with van der Waals surface area (Å²) in [6.07, 6.45) is 2.69. The minimum absolute atomic E-state index is 0.258. The highest BCUT2D eigenvalue weighted by molar-refractivity contribution is 6.00. The highest BCUT2D eigenvalue weighted by Crippen LogP contribution is 2.27. The Morgan fingerprint density at radius 3 is 2.62 bits per heavy atom. The van der Waals surface area contributed by atoms with Crippen LogP contribution in [0.1, 0.15) is 21.6 Å². The summed E-state index contributed by atoms with van der Waals surface area (Å²) in [5.74, 6) is 0.552. The molecule has 26 heavy (non-hydrogen) atoms. The van der Waals surface area contributed by atoms with E-state index in [9.17, 15) is 4.79 Å². The van der Waals surface area contributed by atoms with Crippen LogP contribution in [0.5, 0.6) is 5.75 Å². The molecule has 0 aliphatic rings. The van der Waals surface area contributed by atoms with Crippen molar-refractivity contribution in [2.24, 2.45) is 0 Å². The van der Waals surface area contributed by atoms with Crippen molar-refractivity contribution in [3.05, 3.63) is 89.7 Å². The molecule has 0 saturated carbocycles. The van der Waals surface area contributed by atoms with Crippen molar-refractivity contribution >= 4 is 17.1 Å². The second-order valence-electron chi connectivity index (χ2n) is 6.00. The second kappa shape index (κ2) is 7.19. The number of hydrogen-bond donors (Lipinski definition) is 0. The predicted molar refractivity (Wildman–Crippen MR) is 99.2 cm³/mol. The molecule has 4 aromatic rings. The van der Waals surface area contributed by atoms with Crippen LogP contribution in [0, 0.1) is 0 Å². The zero-order valence-corrected chi connectivity index (χ0v) is 14.1. The van der Waals surface area contributed by atoms with Gasteiger partial charge in [0.05, 0.1) is 18.3 Å². The zero-order chi connectivity index (χ0) is 17.8. The number of aldehydes is 1. The normalized spacial score (nSPS) is 10.8. The summed E-state index contributed by atoms with van der Waals surface area (Å²) < 4.78 is 7.61. The first kappa shape index (κ1) is 16.0. The number of nitrogens with zero attached hydrogens (tertiary/aromatic N) is 3. The van der Waals surface area contributed by atoms with E-state index < -0.39 is 0 Å². The third-order valence-electron chi connectivity index (χ3n) is 4.20. The Kier molecular flexibility index (Phi) is 4.43. The highest BCUT2D eigenvalue weighted by Gasteiger charge is 2.09. The third-order valence-corrected chi connectivity index (χ3v) is 4.20. The van der Waals surface area contributed by atoms with E-state index in [0.29, 0.717) is 23.6 Å². The van der Waals surface area contributed by atoms with E-state index in [2.05, 4.69) is 10.3 Å². The Morgan fingerprint density at radius 2 is 1.77 bits per heavy atom. The molecule has 4 rings (SSSR count). The Morgan fingerprint density at radius 1 is 0.962 bits per heavy atom. The molecule has 1 aromatic heterocycles. The van der Waals surface area contributed by atoms with Crippen LogP contribution >= 0.6 is 0 Å². The number of benzene rings is 3. The van der Waals surface area contributed by atoms with Crippen molar-refractivity contribution in [2.45, 2.75) is 13.2 Å². The largest absolute Gasteiger partial charge is 0.486 e. The summed E-state index contributed by atoms with van der Waals surface area (Å²) in [4.78, 5) is 11.5. The smallest absolute Gasteiger partial charge is 0.154 e. The molecule has 0 saturated heterocycles. The Bertz CT molecular complexity index is 1040. The van der Waals surface area contributed by atoms with Crippen molar-refractivity contribution in [3.8, 4) is 5.75 Å². The fraction of sp³-hybridized carbons (Fsp3) is 0.0952. The molecule has 0 atom stereocenters. The van der Waals surface area contributed by atoms with Gasteiger partial charge in [0, 0.05) is 0 Å². The van der Waals surface area contributed by atoms with E-state index in [1.165, 1.54) is 0 Å². The molecule has 0 radical (unpaired) electrons. The standard InChI is InChI=1S/C21H17N3O2/c25-14-20-19-9-5-4-8-17(19)10-11-21(20)26-15-18-13-24(23-22-18)12-16-6-2-1-3-7-16/h1-11,13-14H,12,15H2. The van der Waals surface area contributed by atoms with Crippen molar-refractivity contribution in [2.75, 3.05) is 0 Å². The molecule has 0 N–H and O–H groups in total. The Hall–Kier alpha value is -3.47. The van der Waals surface area contributed by atoms with Crippen LogP contribution in [0.15, 0.2) is 72.9 Å². The van der Waals surface area contributed by atoms with Gasteiger partial charge in [-0.05, 0) is 22.4 Å². The van der Waals surface area contributed by atoms with Gasteiger partial charge in [0.15, 0.2) is 6.29 Å². The van der Waals surface area contributed by atoms with Crippen LogP contribution in [0.2, 0.25) is 0 Å². The monoisotopic (exact) mass is 343 g/mol. The summed E-state index contributed by atoms with van der Waals surface area (Å²) in [7, 11) is 0. The van der Waals surface area contributed by atoms with E-state index in [4.69, 9.17) is 4.74 Å². The van der Waals surface area contributed by atoms with Crippen LogP contribution < -0.4 is 4.74 Å². The summed E-state index contributed by atoms with van der Waals surface area (Å²) in [5, 5.41) is 10.2. The predicted octanol–water partition coefficient (Wildman–Crippen LogP) is 3.87. The number of hydrogen-bond acceptors (Lipinski definition) is 4. The number of carbonyl (C=O) groups is 1. The summed E-state index contributed by atoms with van der Waals surface area (Å²) >= 11 is 0. The molecule has 5 heteroatoms. The van der Waals surface area contributed by atoms with Crippen molar-refractivity contribution < 1.29 is 9.53 Å². The van der Waals surface area contributed by atoms with Crippen LogP contribution in [-0.2, 0) is 13.2 Å². The Balaban J connectivity index is 1.49. The SMILES string of the molecule is O=Cc1c(OCc2cn(Cc3ccccc3)nn2)ccc2ccccc12. The van der Waals surface area contributed by atoms with Crippen molar-refractivity contribution in [1.29, 1.82) is 0 Å². The lowest BCUT2D eigenvalue weighted by molar-refractivity contribution is 0.112. The molecule has 0 fully saturated rings. The van der Waals surface area contributed by atoms with Gasteiger partial charge in [-0.15, -0.1) is 5.10 Å². The van der Waals surface area contributed by atoms with Gasteiger partial charge in [-0.3, -0.25) is 4.79 Å². The molecular formula is C21H17N3O2. The average molecular weight is 343 g/mol. The quantitative estimate of drug-likeness (QED) is 0.499. The van der Waals surface area contributed by atoms with Crippen molar-refractivity contribution in [3.63, 3.8) is 0 Å². The zero-order valence-electron chi connectivity index (χ0n) is 14.1. The van der Waals surface area contributed by atoms with Gasteiger partial charge < -0.3 is 4.74 Å². The number of rotatable bonds is 6. The van der Waals surface area contributed by atoms with E-state index in [0.717, 1.165) is 22.6 Å². The van der Waals surface area contributed by atoms with E-state index in [1.807, 2.05) is 72.9 Å². The van der Waals surface area contributed by atoms with Crippen LogP contribution in [0.25, 0.3) is 10.8 Å². The first-order chi connectivity index (χ1) is 12.8. The number of fused-ring (bicyclic) bond motifs is 1. The average Bonchev–Trinajstić information content (AvgIpc) is 3.14. The Labute approximate surface area is 150 Å². The molecule has 3 aromatic carbocycles. The van der Waals surface area contributed by atoms with Crippen molar-refractivity contribution in [1.82, 2.24) is 15.0 Å². The van der Waals surface area contributed by atoms with Crippen LogP contribution in [-0.4, -0.2) is 21.3 Å². The lowest BCUT2D eigenvalue weighted by Gasteiger charge is -2.09. The van der Waals surface area contributed by atoms with Crippen LogP contribution in [0.4, 0.5) is 0 Å². The minimum Gasteiger partial charge on any atom is -0.486 e. The number of aromatic nitrogens is 3. The van der Waals surface area contributed by atoms with Gasteiger partial charge in [0.2, 0.25) is 0 Å². The van der Waals surface area contributed by atoms with Gasteiger partial charge in [-0.1, -0.05) is 65.9 Å². The van der Waals surface area contributed by atoms with Gasteiger partial charge in [0.1, 0.15) is 18.1 Å². The molecule has 128 valence electrons. The molecule has 1 heterocycles. The summed E-state index contributed by atoms with van der Waals surface area (Å²) in [5.41, 5.74) is 2.42. The van der Waals surface area contributed by atoms with E-state index in [1.54, 1.807) is 4.68 Å². The molecule has 0 unspecified atom stereocenters. The van der Waals surface area contributed by atoms with Gasteiger partial charge in [0.25, 0.3) is 0 Å². The first-order valence-corrected chi connectivity index (χ1v) is 8.36. The molecular weight excluding hydrogens is 326 g/mol. The first-order valence-electron chi connectivity index (χ1n) is 8.36. The van der Waals surface area contributed by atoms with Gasteiger partial charge >= 0.3 is 0 Å². The summed E-state index contributed by atoms with van der Waals surface area (Å²) in [6, 6.07) is 21.6. The number of ether oxygens (including phenoxy) is 1. The van der Waals surface area contributed by atoms with Gasteiger partial charge in [-0.2, -0.15) is 0 Å². The third kappa shape index (κ3) is 3.32. The topological polar surface area (TPSA) is 57.0 Å².